The summed E-state index contributed by atoms with van der Waals surface area (Å²) in [5, 5.41) is 10.6. The van der Waals surface area contributed by atoms with Gasteiger partial charge in [-0.2, -0.15) is 0 Å². The van der Waals surface area contributed by atoms with Gasteiger partial charge in [0.05, 0.1) is 12.1 Å². The highest BCUT2D eigenvalue weighted by molar-refractivity contribution is 7.10. The Kier molecular flexibility index (Phi) is 5.09. The molecule has 0 aromatic carbocycles. The topological polar surface area (TPSA) is 108 Å². The molecule has 3 N–H and O–H groups in total. The van der Waals surface area contributed by atoms with Gasteiger partial charge < -0.3 is 16.0 Å². The molecule has 0 radical (unpaired) electrons. The number of hydrogen-bond donors (Lipinski definition) is 3. The van der Waals surface area contributed by atoms with Gasteiger partial charge in [0, 0.05) is 11.3 Å². The van der Waals surface area contributed by atoms with Crippen LogP contribution in [-0.4, -0.2) is 46.8 Å². The zero-order valence-electron chi connectivity index (χ0n) is 15.5. The van der Waals surface area contributed by atoms with Gasteiger partial charge in [-0.1, -0.05) is 25.3 Å². The lowest BCUT2D eigenvalue weighted by molar-refractivity contribution is -0.136. The van der Waals surface area contributed by atoms with E-state index in [4.69, 9.17) is 0 Å². The molecule has 1 saturated carbocycles. The standard InChI is InChI=1S/C19H24N4O4S/c24-14-7-6-12(16(21-14)13-5-4-10-28-13)20-15(25)11-23-17(26)19(22-18(23)27)8-2-1-3-9-19/h4-5,10,12,16H,1-3,6-9,11H2,(H,20,25)(H,21,24)(H,22,27)/t12-,16-/m1/s1. The Hall–Kier alpha value is -2.42. The van der Waals surface area contributed by atoms with E-state index in [-0.39, 0.29) is 36.3 Å². The molecule has 4 rings (SSSR count). The number of thiophene rings is 1. The second kappa shape index (κ2) is 7.54. The molecule has 3 heterocycles. The monoisotopic (exact) mass is 404 g/mol. The fourth-order valence-electron chi connectivity index (χ4n) is 4.40. The normalized spacial score (nSPS) is 26.9. The zero-order chi connectivity index (χ0) is 19.7. The SMILES string of the molecule is O=C(CN1C(=O)NC2(CCCCC2)C1=O)N[C@@H]1CCC(=O)N[C@H]1c1cccs1. The predicted molar refractivity (Wildman–Crippen MR) is 102 cm³/mol. The Labute approximate surface area is 167 Å². The first-order valence-corrected chi connectivity index (χ1v) is 10.6. The van der Waals surface area contributed by atoms with Crippen LogP contribution in [-0.2, 0) is 14.4 Å². The molecule has 1 spiro atoms. The van der Waals surface area contributed by atoms with E-state index in [0.717, 1.165) is 29.0 Å². The van der Waals surface area contributed by atoms with Gasteiger partial charge in [-0.3, -0.25) is 19.3 Å². The predicted octanol–water partition coefficient (Wildman–Crippen LogP) is 1.44. The van der Waals surface area contributed by atoms with E-state index in [9.17, 15) is 19.2 Å². The average Bonchev–Trinajstić information content (AvgIpc) is 3.28. The van der Waals surface area contributed by atoms with Crippen LogP contribution in [0, 0.1) is 0 Å². The summed E-state index contributed by atoms with van der Waals surface area (Å²) in [6, 6.07) is 2.76. The Balaban J connectivity index is 1.41. The molecule has 1 aliphatic carbocycles. The van der Waals surface area contributed by atoms with Crippen molar-refractivity contribution >= 4 is 35.1 Å². The van der Waals surface area contributed by atoms with Crippen LogP contribution in [0.1, 0.15) is 55.9 Å². The van der Waals surface area contributed by atoms with Gasteiger partial charge in [0.2, 0.25) is 11.8 Å². The first-order valence-electron chi connectivity index (χ1n) is 9.75. The van der Waals surface area contributed by atoms with Crippen LogP contribution < -0.4 is 16.0 Å². The third-order valence-corrected chi connectivity index (χ3v) is 6.81. The van der Waals surface area contributed by atoms with E-state index < -0.39 is 11.6 Å². The number of urea groups is 1. The summed E-state index contributed by atoms with van der Waals surface area (Å²) in [5.74, 6) is -0.726. The lowest BCUT2D eigenvalue weighted by Crippen LogP contribution is -2.52. The van der Waals surface area contributed by atoms with E-state index in [1.807, 2.05) is 17.5 Å². The molecular formula is C19H24N4O4S. The van der Waals surface area contributed by atoms with Crippen molar-refractivity contribution in [3.63, 3.8) is 0 Å². The maximum absolute atomic E-state index is 12.8. The van der Waals surface area contributed by atoms with E-state index >= 15 is 0 Å². The lowest BCUT2D eigenvalue weighted by atomic mass is 9.82. The number of imide groups is 1. The van der Waals surface area contributed by atoms with Crippen molar-refractivity contribution in [2.75, 3.05) is 6.54 Å². The molecule has 9 heteroatoms. The molecule has 2 aliphatic heterocycles. The molecule has 5 amide bonds. The van der Waals surface area contributed by atoms with E-state index in [1.165, 1.54) is 11.3 Å². The largest absolute Gasteiger partial charge is 0.349 e. The minimum Gasteiger partial charge on any atom is -0.349 e. The van der Waals surface area contributed by atoms with E-state index in [0.29, 0.717) is 25.7 Å². The average molecular weight is 404 g/mol. The third-order valence-electron chi connectivity index (χ3n) is 5.85. The number of rotatable bonds is 4. The van der Waals surface area contributed by atoms with E-state index in [2.05, 4.69) is 16.0 Å². The Morgan fingerprint density at radius 3 is 2.75 bits per heavy atom. The van der Waals surface area contributed by atoms with Crippen molar-refractivity contribution in [1.29, 1.82) is 0 Å². The molecule has 2 saturated heterocycles. The van der Waals surface area contributed by atoms with Gasteiger partial charge in [-0.25, -0.2) is 4.79 Å². The summed E-state index contributed by atoms with van der Waals surface area (Å²) in [4.78, 5) is 51.6. The second-order valence-electron chi connectivity index (χ2n) is 7.74. The highest BCUT2D eigenvalue weighted by atomic mass is 32.1. The van der Waals surface area contributed by atoms with Crippen molar-refractivity contribution < 1.29 is 19.2 Å². The highest BCUT2D eigenvalue weighted by Gasteiger charge is 2.51. The number of hydrogen-bond acceptors (Lipinski definition) is 5. The molecule has 0 unspecified atom stereocenters. The second-order valence-corrected chi connectivity index (χ2v) is 8.72. The maximum Gasteiger partial charge on any atom is 0.325 e. The van der Waals surface area contributed by atoms with Gasteiger partial charge in [0.15, 0.2) is 0 Å². The molecule has 0 bridgehead atoms. The molecular weight excluding hydrogens is 380 g/mol. The van der Waals surface area contributed by atoms with Gasteiger partial charge >= 0.3 is 6.03 Å². The number of nitrogens with one attached hydrogen (secondary N) is 3. The minimum absolute atomic E-state index is 0.0442. The van der Waals surface area contributed by atoms with Gasteiger partial charge in [-0.05, 0) is 30.7 Å². The maximum atomic E-state index is 12.8. The fraction of sp³-hybridized carbons (Fsp3) is 0.579. The number of nitrogens with zero attached hydrogens (tertiary/aromatic N) is 1. The molecule has 150 valence electrons. The number of carbonyl (C=O) groups excluding carboxylic acids is 4. The summed E-state index contributed by atoms with van der Waals surface area (Å²) in [6.45, 7) is -0.298. The van der Waals surface area contributed by atoms with Gasteiger partial charge in [0.1, 0.15) is 12.1 Å². The summed E-state index contributed by atoms with van der Waals surface area (Å²) >= 11 is 1.52. The van der Waals surface area contributed by atoms with E-state index in [1.54, 1.807) is 0 Å². The summed E-state index contributed by atoms with van der Waals surface area (Å²) in [5.41, 5.74) is -0.825. The Morgan fingerprint density at radius 2 is 2.04 bits per heavy atom. The summed E-state index contributed by atoms with van der Waals surface area (Å²) in [6.07, 6.45) is 4.97. The van der Waals surface area contributed by atoms with Crippen molar-refractivity contribution in [3.8, 4) is 0 Å². The molecule has 1 aromatic heterocycles. The van der Waals surface area contributed by atoms with Crippen LogP contribution in [0.4, 0.5) is 4.79 Å². The van der Waals surface area contributed by atoms with Crippen molar-refractivity contribution in [2.45, 2.75) is 62.6 Å². The molecule has 8 nitrogen and oxygen atoms in total. The number of piperidine rings is 1. The third kappa shape index (κ3) is 3.50. The first-order chi connectivity index (χ1) is 13.5. The van der Waals surface area contributed by atoms with Gasteiger partial charge in [0.25, 0.3) is 5.91 Å². The lowest BCUT2D eigenvalue weighted by Gasteiger charge is -2.33. The summed E-state index contributed by atoms with van der Waals surface area (Å²) in [7, 11) is 0. The Morgan fingerprint density at radius 1 is 1.25 bits per heavy atom. The van der Waals surface area contributed by atoms with Crippen molar-refractivity contribution in [1.82, 2.24) is 20.9 Å². The van der Waals surface area contributed by atoms with Crippen LogP contribution >= 0.6 is 11.3 Å². The van der Waals surface area contributed by atoms with Crippen LogP contribution in [0.5, 0.6) is 0 Å². The molecule has 28 heavy (non-hydrogen) atoms. The smallest absolute Gasteiger partial charge is 0.325 e. The number of carbonyl (C=O) groups is 4. The zero-order valence-corrected chi connectivity index (χ0v) is 16.3. The van der Waals surface area contributed by atoms with Gasteiger partial charge in [-0.15, -0.1) is 11.3 Å². The Bertz CT molecular complexity index is 788. The van der Waals surface area contributed by atoms with Crippen molar-refractivity contribution in [2.24, 2.45) is 0 Å². The van der Waals surface area contributed by atoms with Crippen molar-refractivity contribution in [3.05, 3.63) is 22.4 Å². The molecule has 2 atom stereocenters. The molecule has 3 aliphatic rings. The molecule has 1 aromatic rings. The fourth-order valence-corrected chi connectivity index (χ4v) is 5.24. The quantitative estimate of drug-likeness (QED) is 0.660. The first kappa shape index (κ1) is 18.9. The number of amides is 5. The molecule has 3 fully saturated rings. The van der Waals surface area contributed by atoms with Crippen LogP contribution in [0.2, 0.25) is 0 Å². The van der Waals surface area contributed by atoms with Crippen LogP contribution in [0.25, 0.3) is 0 Å². The minimum atomic E-state index is -0.825. The van der Waals surface area contributed by atoms with Crippen LogP contribution in [0.3, 0.4) is 0 Å². The van der Waals surface area contributed by atoms with Crippen LogP contribution in [0.15, 0.2) is 17.5 Å². The highest BCUT2D eigenvalue weighted by Crippen LogP contribution is 2.33. The summed E-state index contributed by atoms with van der Waals surface area (Å²) < 4.78 is 0.